The fraction of sp³-hybridized carbons (Fsp3) is 0.588. The van der Waals surface area contributed by atoms with E-state index in [0.717, 1.165) is 17.1 Å². The standard InChI is InChI=1S/C17H27NO2S/c1-12-8-7-9-15(13(12)2)20-14(3)16(19)18-10-11-21-17(4,5)6/h7-9,14H,10-11H2,1-6H3,(H,18,19)/t14-/m1/s1. The number of aryl methyl sites for hydroxylation is 1. The Morgan fingerprint density at radius 1 is 1.33 bits per heavy atom. The first-order valence-corrected chi connectivity index (χ1v) is 8.34. The van der Waals surface area contributed by atoms with Gasteiger partial charge >= 0.3 is 0 Å². The summed E-state index contributed by atoms with van der Waals surface area (Å²) in [5, 5.41) is 2.92. The van der Waals surface area contributed by atoms with Crippen LogP contribution in [0.4, 0.5) is 0 Å². The third kappa shape index (κ3) is 6.42. The maximum absolute atomic E-state index is 12.0. The smallest absolute Gasteiger partial charge is 0.260 e. The van der Waals surface area contributed by atoms with E-state index in [9.17, 15) is 4.79 Å². The summed E-state index contributed by atoms with van der Waals surface area (Å²) in [5.41, 5.74) is 2.25. The van der Waals surface area contributed by atoms with Gasteiger partial charge in [0.25, 0.3) is 5.91 Å². The summed E-state index contributed by atoms with van der Waals surface area (Å²) >= 11 is 1.84. The topological polar surface area (TPSA) is 38.3 Å². The number of hydrogen-bond acceptors (Lipinski definition) is 3. The minimum atomic E-state index is -0.481. The maximum Gasteiger partial charge on any atom is 0.260 e. The number of ether oxygens (including phenoxy) is 1. The van der Waals surface area contributed by atoms with Crippen molar-refractivity contribution in [1.82, 2.24) is 5.32 Å². The molecule has 0 fully saturated rings. The summed E-state index contributed by atoms with van der Waals surface area (Å²) in [6, 6.07) is 5.89. The lowest BCUT2D eigenvalue weighted by atomic mass is 10.1. The molecule has 0 bridgehead atoms. The van der Waals surface area contributed by atoms with Crippen LogP contribution in [-0.2, 0) is 4.79 Å². The normalized spacial score (nSPS) is 12.9. The van der Waals surface area contributed by atoms with E-state index in [-0.39, 0.29) is 10.7 Å². The molecule has 4 heteroatoms. The van der Waals surface area contributed by atoms with Crippen molar-refractivity contribution in [3.05, 3.63) is 29.3 Å². The summed E-state index contributed by atoms with van der Waals surface area (Å²) in [6.45, 7) is 13.0. The van der Waals surface area contributed by atoms with Crippen molar-refractivity contribution in [2.45, 2.75) is 52.4 Å². The summed E-state index contributed by atoms with van der Waals surface area (Å²) in [5.74, 6) is 1.62. The Hall–Kier alpha value is -1.16. The van der Waals surface area contributed by atoms with E-state index >= 15 is 0 Å². The molecule has 0 spiro atoms. The number of benzene rings is 1. The highest BCUT2D eigenvalue weighted by Crippen LogP contribution is 2.23. The first-order valence-electron chi connectivity index (χ1n) is 7.35. The fourth-order valence-electron chi connectivity index (χ4n) is 1.77. The van der Waals surface area contributed by atoms with Crippen molar-refractivity contribution >= 4 is 17.7 Å². The molecule has 1 amide bonds. The zero-order valence-electron chi connectivity index (χ0n) is 13.9. The number of rotatable bonds is 6. The molecule has 0 aliphatic heterocycles. The SMILES string of the molecule is Cc1cccc(O[C@H](C)C(=O)NCCSC(C)(C)C)c1C. The van der Waals surface area contributed by atoms with Crippen LogP contribution in [0.15, 0.2) is 18.2 Å². The van der Waals surface area contributed by atoms with Crippen LogP contribution in [0.5, 0.6) is 5.75 Å². The number of carbonyl (C=O) groups is 1. The summed E-state index contributed by atoms with van der Waals surface area (Å²) in [7, 11) is 0. The molecule has 3 nitrogen and oxygen atoms in total. The van der Waals surface area contributed by atoms with Crippen LogP contribution in [0.3, 0.4) is 0 Å². The number of nitrogens with one attached hydrogen (secondary N) is 1. The van der Waals surface area contributed by atoms with Crippen molar-refractivity contribution in [2.75, 3.05) is 12.3 Å². The Balaban J connectivity index is 2.43. The third-order valence-electron chi connectivity index (χ3n) is 3.16. The Kier molecular flexibility index (Phi) is 6.59. The Labute approximate surface area is 132 Å². The number of hydrogen-bond donors (Lipinski definition) is 1. The Morgan fingerprint density at radius 2 is 2.00 bits per heavy atom. The molecule has 118 valence electrons. The van der Waals surface area contributed by atoms with Crippen LogP contribution in [0.1, 0.15) is 38.8 Å². The second kappa shape index (κ2) is 7.74. The Morgan fingerprint density at radius 3 is 2.62 bits per heavy atom. The highest BCUT2D eigenvalue weighted by molar-refractivity contribution is 8.00. The van der Waals surface area contributed by atoms with Gasteiger partial charge in [-0.1, -0.05) is 32.9 Å². The highest BCUT2D eigenvalue weighted by Gasteiger charge is 2.16. The van der Waals surface area contributed by atoms with Gasteiger partial charge < -0.3 is 10.1 Å². The highest BCUT2D eigenvalue weighted by atomic mass is 32.2. The molecule has 0 radical (unpaired) electrons. The van der Waals surface area contributed by atoms with Crippen molar-refractivity contribution in [3.8, 4) is 5.75 Å². The molecule has 1 aromatic rings. The molecule has 1 rings (SSSR count). The van der Waals surface area contributed by atoms with Gasteiger partial charge in [-0.3, -0.25) is 4.79 Å². The molecular formula is C17H27NO2S. The zero-order valence-corrected chi connectivity index (χ0v) is 14.8. The molecule has 1 atom stereocenters. The second-order valence-corrected chi connectivity index (χ2v) is 8.13. The van der Waals surface area contributed by atoms with E-state index < -0.39 is 6.10 Å². The minimum absolute atomic E-state index is 0.0644. The maximum atomic E-state index is 12.0. The number of amides is 1. The lowest BCUT2D eigenvalue weighted by molar-refractivity contribution is -0.127. The third-order valence-corrected chi connectivity index (χ3v) is 4.44. The first kappa shape index (κ1) is 17.9. The number of thioether (sulfide) groups is 1. The summed E-state index contributed by atoms with van der Waals surface area (Å²) in [6.07, 6.45) is -0.481. The van der Waals surface area contributed by atoms with Gasteiger partial charge in [0.1, 0.15) is 5.75 Å². The Bertz CT molecular complexity index is 480. The lowest BCUT2D eigenvalue weighted by Crippen LogP contribution is -2.37. The second-order valence-electron chi connectivity index (χ2n) is 6.21. The zero-order chi connectivity index (χ0) is 16.0. The van der Waals surface area contributed by atoms with E-state index in [4.69, 9.17) is 4.74 Å². The molecule has 0 aliphatic rings. The largest absolute Gasteiger partial charge is 0.481 e. The van der Waals surface area contributed by atoms with Crippen molar-refractivity contribution in [2.24, 2.45) is 0 Å². The van der Waals surface area contributed by atoms with E-state index in [1.165, 1.54) is 5.56 Å². The van der Waals surface area contributed by atoms with Crippen molar-refractivity contribution in [3.63, 3.8) is 0 Å². The van der Waals surface area contributed by atoms with E-state index in [1.54, 1.807) is 6.92 Å². The average Bonchev–Trinajstić information content (AvgIpc) is 2.38. The molecule has 21 heavy (non-hydrogen) atoms. The van der Waals surface area contributed by atoms with E-state index in [0.29, 0.717) is 6.54 Å². The molecule has 0 saturated carbocycles. The summed E-state index contributed by atoms with van der Waals surface area (Å²) < 4.78 is 5.99. The minimum Gasteiger partial charge on any atom is -0.481 e. The molecule has 0 saturated heterocycles. The van der Waals surface area contributed by atoms with Crippen LogP contribution in [0.2, 0.25) is 0 Å². The molecule has 0 heterocycles. The number of carbonyl (C=O) groups excluding carboxylic acids is 1. The van der Waals surface area contributed by atoms with Gasteiger partial charge in [-0.15, -0.1) is 0 Å². The molecule has 0 aromatic heterocycles. The van der Waals surface area contributed by atoms with Crippen LogP contribution in [0.25, 0.3) is 0 Å². The van der Waals surface area contributed by atoms with Gasteiger partial charge in [0.2, 0.25) is 0 Å². The quantitative estimate of drug-likeness (QED) is 0.814. The predicted octanol–water partition coefficient (Wildman–Crippen LogP) is 3.72. The van der Waals surface area contributed by atoms with E-state index in [2.05, 4.69) is 26.1 Å². The van der Waals surface area contributed by atoms with Crippen LogP contribution in [0, 0.1) is 13.8 Å². The summed E-state index contributed by atoms with van der Waals surface area (Å²) in [4.78, 5) is 12.0. The van der Waals surface area contributed by atoms with Gasteiger partial charge in [-0.25, -0.2) is 0 Å². The van der Waals surface area contributed by atoms with Crippen LogP contribution >= 0.6 is 11.8 Å². The lowest BCUT2D eigenvalue weighted by Gasteiger charge is -2.19. The van der Waals surface area contributed by atoms with Gasteiger partial charge in [-0.2, -0.15) is 11.8 Å². The van der Waals surface area contributed by atoms with Crippen LogP contribution in [-0.4, -0.2) is 29.1 Å². The fourth-order valence-corrected chi connectivity index (χ4v) is 2.59. The molecule has 0 aliphatic carbocycles. The predicted molar refractivity (Wildman–Crippen MR) is 91.2 cm³/mol. The molecular weight excluding hydrogens is 282 g/mol. The van der Waals surface area contributed by atoms with Gasteiger partial charge in [-0.05, 0) is 38.0 Å². The molecule has 1 N–H and O–H groups in total. The van der Waals surface area contributed by atoms with Gasteiger partial charge in [0.05, 0.1) is 0 Å². The van der Waals surface area contributed by atoms with Crippen molar-refractivity contribution < 1.29 is 9.53 Å². The van der Waals surface area contributed by atoms with Gasteiger partial charge in [0.15, 0.2) is 6.10 Å². The monoisotopic (exact) mass is 309 g/mol. The molecule has 0 unspecified atom stereocenters. The molecule has 1 aromatic carbocycles. The van der Waals surface area contributed by atoms with Crippen molar-refractivity contribution in [1.29, 1.82) is 0 Å². The van der Waals surface area contributed by atoms with Gasteiger partial charge in [0, 0.05) is 17.0 Å². The first-order chi connectivity index (χ1) is 9.70. The van der Waals surface area contributed by atoms with E-state index in [1.807, 2.05) is 43.8 Å². The van der Waals surface area contributed by atoms with Crippen LogP contribution < -0.4 is 10.1 Å². The average molecular weight is 309 g/mol.